The number of nitrogens with zero attached hydrogens (tertiary/aromatic N) is 4. The number of hydrogen-bond donors (Lipinski definition) is 4. The number of aromatic nitrogens is 2. The summed E-state index contributed by atoms with van der Waals surface area (Å²) in [6, 6.07) is 4.52. The Hall–Kier alpha value is -4.80. The highest BCUT2D eigenvalue weighted by Gasteiger charge is 2.48. The molecular formula is C51H73F3N8O10. The summed E-state index contributed by atoms with van der Waals surface area (Å²) in [4.78, 5) is 77.3. The standard InChI is InChI=1S/C51H73F3N8O10/c1-61-45(64)28-40(46(61)35-5-3-16-55-30-35)48(66)57-18-22-70-24-26-71-25-23-69-21-13-44(63)60-38-8-6-34(7-9-38)47(65)56-17-4-14-50(15-10-39(29-50)59-42-12-20-72-33-43(42)68-2)49(67)62-19-11-41-36(32-62)27-37(31-58-41)51(52,53)54/h3,5,16,27,30-31,34,38-40,42-43,46,59H,4,6-15,17-26,28-29,32-33H2,1-2H3,(H,56,65)(H,57,66)(H,60,63)/t34-,38+,39-,40+,42+,43-,46-,50+/m1/s1. The van der Waals surface area contributed by atoms with Gasteiger partial charge in [0.1, 0.15) is 0 Å². The van der Waals surface area contributed by atoms with Crippen LogP contribution in [-0.4, -0.2) is 160 Å². The number of rotatable bonds is 24. The Balaban J connectivity index is 0.742. The van der Waals surface area contributed by atoms with Crippen molar-refractivity contribution < 1.29 is 60.8 Å². The van der Waals surface area contributed by atoms with Crippen molar-refractivity contribution in [3.63, 3.8) is 0 Å². The van der Waals surface area contributed by atoms with Gasteiger partial charge in [0.2, 0.25) is 29.5 Å². The number of halogens is 3. The van der Waals surface area contributed by atoms with E-state index >= 15 is 0 Å². The molecule has 5 heterocycles. The first-order valence-electron chi connectivity index (χ1n) is 25.7. The molecule has 0 bridgehead atoms. The summed E-state index contributed by atoms with van der Waals surface area (Å²) in [5.74, 6) is -1.17. The summed E-state index contributed by atoms with van der Waals surface area (Å²) in [5, 5.41) is 12.8. The Bertz CT molecular complexity index is 2120. The van der Waals surface area contributed by atoms with Crippen molar-refractivity contribution in [1.82, 2.24) is 41.0 Å². The van der Waals surface area contributed by atoms with Gasteiger partial charge in [-0.3, -0.25) is 33.9 Å². The molecule has 0 unspecified atom stereocenters. The maximum atomic E-state index is 14.6. The van der Waals surface area contributed by atoms with Crippen LogP contribution in [0.25, 0.3) is 0 Å². The van der Waals surface area contributed by atoms with E-state index < -0.39 is 23.1 Å². The minimum absolute atomic E-state index is 0.0248. The molecule has 0 spiro atoms. The molecule has 2 aromatic rings. The van der Waals surface area contributed by atoms with Crippen molar-refractivity contribution in [2.24, 2.45) is 17.3 Å². The number of hydrogen-bond acceptors (Lipinski definition) is 13. The zero-order chi connectivity index (χ0) is 51.1. The van der Waals surface area contributed by atoms with Gasteiger partial charge in [-0.05, 0) is 87.5 Å². The topological polar surface area (TPSA) is 212 Å². The predicted octanol–water partition coefficient (Wildman–Crippen LogP) is 3.66. The first-order chi connectivity index (χ1) is 34.7. The Kier molecular flexibility index (Phi) is 20.2. The molecule has 5 amide bonds. The quantitative estimate of drug-likeness (QED) is 0.111. The number of alkyl halides is 3. The van der Waals surface area contributed by atoms with Crippen LogP contribution >= 0.6 is 0 Å². The van der Waals surface area contributed by atoms with E-state index in [0.717, 1.165) is 30.7 Å². The van der Waals surface area contributed by atoms with Crippen LogP contribution in [0.5, 0.6) is 0 Å². The first kappa shape index (κ1) is 55.0. The fourth-order valence-corrected chi connectivity index (χ4v) is 11.1. The second-order valence-corrected chi connectivity index (χ2v) is 19.9. The summed E-state index contributed by atoms with van der Waals surface area (Å²) in [5.41, 5.74) is 0.279. The van der Waals surface area contributed by atoms with Crippen LogP contribution in [0.1, 0.15) is 105 Å². The molecule has 21 heteroatoms. The third-order valence-electron chi connectivity index (χ3n) is 15.1. The number of carbonyl (C=O) groups excluding carboxylic acids is 5. The SMILES string of the molecule is CO[C@@H]1COCC[C@@H]1N[C@@H]1CC[C@](CCCNC(=O)[C@H]2CC[C@@H](NC(=O)CCOCCOCCOCCNC(=O)[C@H]3CC(=O)N(C)[C@@H]3c3cccnc3)CC2)(C(=O)N2CCc3ncc(C(F)(F)F)cc3C2)C1. The smallest absolute Gasteiger partial charge is 0.379 e. The van der Waals surface area contributed by atoms with E-state index in [2.05, 4.69) is 31.2 Å². The molecule has 72 heavy (non-hydrogen) atoms. The maximum Gasteiger partial charge on any atom is 0.417 e. The Morgan fingerprint density at radius 3 is 2.40 bits per heavy atom. The highest BCUT2D eigenvalue weighted by Crippen LogP contribution is 2.45. The van der Waals surface area contributed by atoms with E-state index in [4.69, 9.17) is 23.7 Å². The number of nitrogens with one attached hydrogen (secondary N) is 4. The average molecular weight is 1020 g/mol. The van der Waals surface area contributed by atoms with Crippen LogP contribution < -0.4 is 21.3 Å². The van der Waals surface area contributed by atoms with Crippen molar-refractivity contribution in [3.8, 4) is 0 Å². The number of carbonyl (C=O) groups is 5. The lowest BCUT2D eigenvalue weighted by Crippen LogP contribution is -2.51. The number of likely N-dealkylation sites (tertiary alicyclic amines) is 1. The van der Waals surface area contributed by atoms with Gasteiger partial charge >= 0.3 is 6.18 Å². The molecule has 4 fully saturated rings. The number of fused-ring (bicyclic) bond motifs is 1. The summed E-state index contributed by atoms with van der Waals surface area (Å²) in [6.45, 7) is 4.13. The Labute approximate surface area is 419 Å². The number of amides is 5. The van der Waals surface area contributed by atoms with Gasteiger partial charge in [-0.1, -0.05) is 6.07 Å². The largest absolute Gasteiger partial charge is 0.417 e. The van der Waals surface area contributed by atoms with E-state index in [1.807, 2.05) is 6.07 Å². The predicted molar refractivity (Wildman–Crippen MR) is 256 cm³/mol. The molecule has 398 valence electrons. The molecule has 2 aliphatic carbocycles. The third-order valence-corrected chi connectivity index (χ3v) is 15.1. The minimum atomic E-state index is -4.53. The molecule has 3 aliphatic heterocycles. The van der Waals surface area contributed by atoms with Crippen LogP contribution in [0, 0.1) is 17.3 Å². The van der Waals surface area contributed by atoms with Crippen LogP contribution in [0.4, 0.5) is 13.2 Å². The second-order valence-electron chi connectivity index (χ2n) is 19.9. The normalized spacial score (nSPS) is 26.6. The molecule has 0 radical (unpaired) electrons. The van der Waals surface area contributed by atoms with Gasteiger partial charge in [-0.2, -0.15) is 13.2 Å². The van der Waals surface area contributed by atoms with Gasteiger partial charge in [0.15, 0.2) is 0 Å². The second kappa shape index (κ2) is 26.4. The zero-order valence-electron chi connectivity index (χ0n) is 41.7. The molecule has 5 aliphatic rings. The number of ether oxygens (including phenoxy) is 5. The monoisotopic (exact) mass is 1010 g/mol. The van der Waals surface area contributed by atoms with Crippen molar-refractivity contribution >= 4 is 29.5 Å². The van der Waals surface area contributed by atoms with Crippen LogP contribution in [0.2, 0.25) is 0 Å². The van der Waals surface area contributed by atoms with E-state index in [0.29, 0.717) is 135 Å². The molecular weight excluding hydrogens is 942 g/mol. The summed E-state index contributed by atoms with van der Waals surface area (Å²) < 4.78 is 68.8. The molecule has 2 saturated carbocycles. The summed E-state index contributed by atoms with van der Waals surface area (Å²) in [7, 11) is 3.37. The Morgan fingerprint density at radius 1 is 0.917 bits per heavy atom. The van der Waals surface area contributed by atoms with Crippen LogP contribution in [0.15, 0.2) is 36.8 Å². The number of pyridine rings is 2. The van der Waals surface area contributed by atoms with Crippen molar-refractivity contribution in [2.75, 3.05) is 86.6 Å². The van der Waals surface area contributed by atoms with Gasteiger partial charge in [0.05, 0.1) is 75.3 Å². The van der Waals surface area contributed by atoms with Crippen molar-refractivity contribution in [2.45, 2.75) is 126 Å². The van der Waals surface area contributed by atoms with E-state index in [1.165, 1.54) is 0 Å². The molecule has 6 atom stereocenters. The lowest BCUT2D eigenvalue weighted by molar-refractivity contribution is -0.143. The minimum Gasteiger partial charge on any atom is -0.379 e. The highest BCUT2D eigenvalue weighted by atomic mass is 19.4. The maximum absolute atomic E-state index is 14.6. The highest BCUT2D eigenvalue weighted by molar-refractivity contribution is 5.90. The zero-order valence-corrected chi connectivity index (χ0v) is 41.7. The molecule has 4 N–H and O–H groups in total. The van der Waals surface area contributed by atoms with Gasteiger partial charge in [-0.15, -0.1) is 0 Å². The fourth-order valence-electron chi connectivity index (χ4n) is 11.1. The lowest BCUT2D eigenvalue weighted by Gasteiger charge is -2.38. The van der Waals surface area contributed by atoms with Crippen LogP contribution in [-0.2, 0) is 66.8 Å². The molecule has 18 nitrogen and oxygen atoms in total. The number of methoxy groups -OCH3 is 1. The summed E-state index contributed by atoms with van der Waals surface area (Å²) >= 11 is 0. The molecule has 2 saturated heterocycles. The van der Waals surface area contributed by atoms with E-state index in [9.17, 15) is 37.1 Å². The van der Waals surface area contributed by atoms with E-state index in [1.54, 1.807) is 42.4 Å². The third kappa shape index (κ3) is 14.9. The lowest BCUT2D eigenvalue weighted by atomic mass is 9.79. The first-order valence-corrected chi connectivity index (χ1v) is 25.7. The van der Waals surface area contributed by atoms with Gasteiger partial charge in [-0.25, -0.2) is 0 Å². The van der Waals surface area contributed by atoms with Crippen molar-refractivity contribution in [1.29, 1.82) is 0 Å². The Morgan fingerprint density at radius 2 is 1.67 bits per heavy atom. The van der Waals surface area contributed by atoms with Gasteiger partial charge in [0.25, 0.3) is 0 Å². The van der Waals surface area contributed by atoms with Crippen molar-refractivity contribution in [3.05, 3.63) is 59.2 Å². The van der Waals surface area contributed by atoms with E-state index in [-0.39, 0.29) is 91.7 Å². The fraction of sp³-hybridized carbons (Fsp3) is 0.706. The summed E-state index contributed by atoms with van der Waals surface area (Å²) in [6.07, 6.45) is 6.80. The van der Waals surface area contributed by atoms with Crippen LogP contribution in [0.3, 0.4) is 0 Å². The van der Waals surface area contributed by atoms with Gasteiger partial charge in [0, 0.05) is 115 Å². The molecule has 0 aromatic carbocycles. The molecule has 7 rings (SSSR count). The van der Waals surface area contributed by atoms with Gasteiger partial charge < -0.3 is 54.8 Å². The average Bonchev–Trinajstić information content (AvgIpc) is 3.94. The molecule has 2 aromatic heterocycles.